The molecule has 0 aliphatic heterocycles. The Hall–Kier alpha value is -2.01. The molecule has 4 nitrogen and oxygen atoms in total. The van der Waals surface area contributed by atoms with Gasteiger partial charge in [-0.15, -0.1) is 0 Å². The molecule has 0 radical (unpaired) electrons. The number of aliphatic hydroxyl groups is 1. The summed E-state index contributed by atoms with van der Waals surface area (Å²) in [7, 11) is 1.63. The molecule has 0 atom stereocenters. The summed E-state index contributed by atoms with van der Waals surface area (Å²) < 4.78 is 7.03. The first-order valence-corrected chi connectivity index (χ1v) is 8.68. The van der Waals surface area contributed by atoms with Crippen molar-refractivity contribution in [2.75, 3.05) is 13.7 Å². The van der Waals surface area contributed by atoms with E-state index in [1.54, 1.807) is 7.11 Å². The minimum Gasteiger partial charge on any atom is -0.497 e. The van der Waals surface area contributed by atoms with Crippen molar-refractivity contribution in [1.29, 1.82) is 0 Å². The van der Waals surface area contributed by atoms with Crippen molar-refractivity contribution in [3.63, 3.8) is 0 Å². The Kier molecular flexibility index (Phi) is 5.63. The van der Waals surface area contributed by atoms with E-state index in [0.29, 0.717) is 22.9 Å². The zero-order valence-corrected chi connectivity index (χ0v) is 15.3. The third kappa shape index (κ3) is 3.82. The van der Waals surface area contributed by atoms with Crippen LogP contribution in [0.5, 0.6) is 5.75 Å². The van der Waals surface area contributed by atoms with Crippen LogP contribution in [0.15, 0.2) is 48.5 Å². The standard InChI is InChI=1S/C19H18Cl2N2O2/c1-25-16-10-8-15(9-11-16)23-19(13-4-6-14(20)7-5-13)18(21)17(22-23)3-2-12-24/h4-11,24H,2-3,12H2,1H3. The van der Waals surface area contributed by atoms with Crippen molar-refractivity contribution in [1.82, 2.24) is 9.78 Å². The molecule has 0 spiro atoms. The van der Waals surface area contributed by atoms with Gasteiger partial charge in [-0.05, 0) is 49.2 Å². The number of aliphatic hydroxyl groups excluding tert-OH is 1. The van der Waals surface area contributed by atoms with Gasteiger partial charge in [0, 0.05) is 17.2 Å². The van der Waals surface area contributed by atoms with Gasteiger partial charge in [0.1, 0.15) is 5.75 Å². The van der Waals surface area contributed by atoms with Gasteiger partial charge in [-0.1, -0.05) is 35.3 Å². The Bertz CT molecular complexity index is 843. The molecule has 0 saturated carbocycles. The predicted octanol–water partition coefficient (Wildman–Crippen LogP) is 4.78. The number of methoxy groups -OCH3 is 1. The first-order chi connectivity index (χ1) is 12.1. The van der Waals surface area contributed by atoms with Crippen molar-refractivity contribution in [2.45, 2.75) is 12.8 Å². The van der Waals surface area contributed by atoms with Gasteiger partial charge in [0.05, 0.1) is 29.2 Å². The van der Waals surface area contributed by atoms with Crippen LogP contribution in [-0.4, -0.2) is 28.6 Å². The summed E-state index contributed by atoms with van der Waals surface area (Å²) in [5.41, 5.74) is 3.36. The lowest BCUT2D eigenvalue weighted by atomic mass is 10.1. The molecule has 0 fully saturated rings. The highest BCUT2D eigenvalue weighted by molar-refractivity contribution is 6.34. The molecule has 0 amide bonds. The Labute approximate surface area is 156 Å². The maximum Gasteiger partial charge on any atom is 0.119 e. The largest absolute Gasteiger partial charge is 0.497 e. The number of benzene rings is 2. The number of hydrogen-bond acceptors (Lipinski definition) is 3. The van der Waals surface area contributed by atoms with Gasteiger partial charge in [-0.2, -0.15) is 5.10 Å². The molecule has 25 heavy (non-hydrogen) atoms. The molecular weight excluding hydrogens is 359 g/mol. The second-order valence-electron chi connectivity index (χ2n) is 5.55. The second kappa shape index (κ2) is 7.91. The zero-order chi connectivity index (χ0) is 17.8. The normalized spacial score (nSPS) is 10.9. The average Bonchev–Trinajstić information content (AvgIpc) is 2.97. The first-order valence-electron chi connectivity index (χ1n) is 7.92. The van der Waals surface area contributed by atoms with Crippen molar-refractivity contribution in [2.24, 2.45) is 0 Å². The smallest absolute Gasteiger partial charge is 0.119 e. The van der Waals surface area contributed by atoms with Crippen molar-refractivity contribution < 1.29 is 9.84 Å². The van der Waals surface area contributed by atoms with E-state index in [1.165, 1.54) is 0 Å². The third-order valence-electron chi connectivity index (χ3n) is 3.90. The van der Waals surface area contributed by atoms with Gasteiger partial charge in [0.2, 0.25) is 0 Å². The fourth-order valence-electron chi connectivity index (χ4n) is 2.62. The van der Waals surface area contributed by atoms with E-state index in [4.69, 9.17) is 33.0 Å². The Morgan fingerprint density at radius 2 is 1.72 bits per heavy atom. The minimum absolute atomic E-state index is 0.0992. The molecule has 0 aliphatic carbocycles. The van der Waals surface area contributed by atoms with Crippen LogP contribution < -0.4 is 4.74 Å². The Balaban J connectivity index is 2.12. The number of hydrogen-bond donors (Lipinski definition) is 1. The van der Waals surface area contributed by atoms with Gasteiger partial charge >= 0.3 is 0 Å². The number of nitrogens with zero attached hydrogens (tertiary/aromatic N) is 2. The van der Waals surface area contributed by atoms with Crippen molar-refractivity contribution in [3.8, 4) is 22.7 Å². The van der Waals surface area contributed by atoms with E-state index >= 15 is 0 Å². The van der Waals surface area contributed by atoms with Crippen LogP contribution in [0.3, 0.4) is 0 Å². The fourth-order valence-corrected chi connectivity index (χ4v) is 3.06. The van der Waals surface area contributed by atoms with Crippen LogP contribution in [0.1, 0.15) is 12.1 Å². The van der Waals surface area contributed by atoms with E-state index in [0.717, 1.165) is 28.4 Å². The van der Waals surface area contributed by atoms with Gasteiger partial charge in [0.15, 0.2) is 0 Å². The topological polar surface area (TPSA) is 47.3 Å². The molecule has 3 rings (SSSR count). The lowest BCUT2D eigenvalue weighted by Gasteiger charge is -2.09. The quantitative estimate of drug-likeness (QED) is 0.673. The monoisotopic (exact) mass is 376 g/mol. The number of rotatable bonds is 6. The highest BCUT2D eigenvalue weighted by Crippen LogP contribution is 2.34. The van der Waals surface area contributed by atoms with E-state index in [1.807, 2.05) is 53.2 Å². The van der Waals surface area contributed by atoms with Crippen LogP contribution >= 0.6 is 23.2 Å². The average molecular weight is 377 g/mol. The van der Waals surface area contributed by atoms with Gasteiger partial charge in [0.25, 0.3) is 0 Å². The molecule has 1 N–H and O–H groups in total. The van der Waals surface area contributed by atoms with Crippen LogP contribution in [-0.2, 0) is 6.42 Å². The highest BCUT2D eigenvalue weighted by Gasteiger charge is 2.19. The lowest BCUT2D eigenvalue weighted by molar-refractivity contribution is 0.288. The molecule has 130 valence electrons. The van der Waals surface area contributed by atoms with Crippen LogP contribution in [0.4, 0.5) is 0 Å². The maximum atomic E-state index is 9.11. The third-order valence-corrected chi connectivity index (χ3v) is 4.55. The summed E-state index contributed by atoms with van der Waals surface area (Å²) in [4.78, 5) is 0. The molecule has 0 bridgehead atoms. The summed E-state index contributed by atoms with van der Waals surface area (Å²) >= 11 is 12.6. The SMILES string of the molecule is COc1ccc(-n2nc(CCCO)c(Cl)c2-c2ccc(Cl)cc2)cc1. The highest BCUT2D eigenvalue weighted by atomic mass is 35.5. The number of aryl methyl sites for hydroxylation is 1. The van der Waals surface area contributed by atoms with Crippen LogP contribution in [0.25, 0.3) is 16.9 Å². The van der Waals surface area contributed by atoms with Crippen LogP contribution in [0.2, 0.25) is 10.0 Å². The predicted molar refractivity (Wildman–Crippen MR) is 101 cm³/mol. The molecule has 6 heteroatoms. The second-order valence-corrected chi connectivity index (χ2v) is 6.37. The van der Waals surface area contributed by atoms with E-state index in [2.05, 4.69) is 5.10 Å². The summed E-state index contributed by atoms with van der Waals surface area (Å²) in [6.45, 7) is 0.0992. The summed E-state index contributed by atoms with van der Waals surface area (Å²) in [6, 6.07) is 15.1. The molecule has 3 aromatic rings. The number of aromatic nitrogens is 2. The Morgan fingerprint density at radius 3 is 2.32 bits per heavy atom. The first kappa shape index (κ1) is 17.8. The van der Waals surface area contributed by atoms with E-state index in [9.17, 15) is 0 Å². The molecule has 1 aromatic heterocycles. The summed E-state index contributed by atoms with van der Waals surface area (Å²) in [5, 5.41) is 15.0. The molecular formula is C19H18Cl2N2O2. The maximum absolute atomic E-state index is 9.11. The number of halogens is 2. The fraction of sp³-hybridized carbons (Fsp3) is 0.211. The van der Waals surface area contributed by atoms with Crippen molar-refractivity contribution >= 4 is 23.2 Å². The zero-order valence-electron chi connectivity index (χ0n) is 13.7. The van der Waals surface area contributed by atoms with Gasteiger partial charge < -0.3 is 9.84 Å². The van der Waals surface area contributed by atoms with Crippen molar-refractivity contribution in [3.05, 3.63) is 64.3 Å². The number of ether oxygens (including phenoxy) is 1. The molecule has 0 aliphatic rings. The molecule has 2 aromatic carbocycles. The van der Waals surface area contributed by atoms with Gasteiger partial charge in [-0.25, -0.2) is 4.68 Å². The van der Waals surface area contributed by atoms with Gasteiger partial charge in [-0.3, -0.25) is 0 Å². The lowest BCUT2D eigenvalue weighted by Crippen LogP contribution is -2.00. The summed E-state index contributed by atoms with van der Waals surface area (Å²) in [5.74, 6) is 0.774. The minimum atomic E-state index is 0.0992. The van der Waals surface area contributed by atoms with E-state index in [-0.39, 0.29) is 6.61 Å². The van der Waals surface area contributed by atoms with Crippen LogP contribution in [0, 0.1) is 0 Å². The molecule has 0 saturated heterocycles. The summed E-state index contributed by atoms with van der Waals surface area (Å²) in [6.07, 6.45) is 1.22. The molecule has 0 unspecified atom stereocenters. The Morgan fingerprint density at radius 1 is 1.04 bits per heavy atom. The molecule has 1 heterocycles. The van der Waals surface area contributed by atoms with E-state index < -0.39 is 0 Å².